The molecule has 27 heavy (non-hydrogen) atoms. The van der Waals surface area contributed by atoms with Crippen molar-refractivity contribution in [2.75, 3.05) is 13.1 Å². The fourth-order valence-corrected chi connectivity index (χ4v) is 4.92. The summed E-state index contributed by atoms with van der Waals surface area (Å²) < 4.78 is 14.9. The number of benzene rings is 1. The average molecular weight is 369 g/mol. The van der Waals surface area contributed by atoms with E-state index in [1.807, 2.05) is 6.07 Å². The zero-order chi connectivity index (χ0) is 18.7. The number of hydrogen-bond donors (Lipinski definition) is 3. The van der Waals surface area contributed by atoms with Crippen molar-refractivity contribution in [2.24, 2.45) is 5.92 Å². The third kappa shape index (κ3) is 2.70. The molecule has 0 radical (unpaired) electrons. The van der Waals surface area contributed by atoms with Crippen LogP contribution in [0.1, 0.15) is 47.2 Å². The van der Waals surface area contributed by atoms with Crippen molar-refractivity contribution in [3.05, 3.63) is 52.5 Å². The molecule has 1 aliphatic carbocycles. The zero-order valence-corrected chi connectivity index (χ0v) is 15.2. The van der Waals surface area contributed by atoms with Crippen LogP contribution in [0.2, 0.25) is 0 Å². The second-order valence-corrected chi connectivity index (χ2v) is 8.00. The zero-order valence-electron chi connectivity index (χ0n) is 15.2. The number of rotatable bonds is 2. The van der Waals surface area contributed by atoms with Gasteiger partial charge in [0.15, 0.2) is 0 Å². The number of amides is 1. The third-order valence-electron chi connectivity index (χ3n) is 6.39. The van der Waals surface area contributed by atoms with E-state index in [1.54, 1.807) is 4.90 Å². The molecule has 3 N–H and O–H groups in total. The molecule has 1 aromatic rings. The largest absolute Gasteiger partial charge is 0.372 e. The van der Waals surface area contributed by atoms with E-state index in [0.29, 0.717) is 36.4 Å². The lowest BCUT2D eigenvalue weighted by atomic mass is 10.0. The highest BCUT2D eigenvalue weighted by molar-refractivity contribution is 5.99. The number of hydrogen-bond acceptors (Lipinski definition) is 4. The van der Waals surface area contributed by atoms with E-state index >= 15 is 0 Å². The number of nitrogens with zero attached hydrogens (tertiary/aromatic N) is 1. The van der Waals surface area contributed by atoms with Gasteiger partial charge in [0.1, 0.15) is 12.0 Å². The second-order valence-electron chi connectivity index (χ2n) is 8.00. The lowest BCUT2D eigenvalue weighted by Gasteiger charge is -2.36. The Morgan fingerprint density at radius 2 is 2.04 bits per heavy atom. The van der Waals surface area contributed by atoms with Crippen LogP contribution < -0.4 is 10.6 Å². The van der Waals surface area contributed by atoms with Gasteiger partial charge in [0.25, 0.3) is 5.91 Å². The normalized spacial score (nSPS) is 30.0. The predicted octanol–water partition coefficient (Wildman–Crippen LogP) is 2.13. The molecule has 2 saturated heterocycles. The first-order valence-corrected chi connectivity index (χ1v) is 9.74. The van der Waals surface area contributed by atoms with Gasteiger partial charge in [-0.2, -0.15) is 0 Å². The van der Waals surface area contributed by atoms with Gasteiger partial charge in [0.2, 0.25) is 0 Å². The highest BCUT2D eigenvalue weighted by atomic mass is 19.1. The van der Waals surface area contributed by atoms with Gasteiger partial charge in [-0.3, -0.25) is 4.79 Å². The number of allylic oxidation sites excluding steroid dienone is 2. The number of carbonyl (C=O) groups excluding carboxylic acids is 1. The molecule has 142 valence electrons. The van der Waals surface area contributed by atoms with Gasteiger partial charge in [0.05, 0.1) is 6.04 Å². The van der Waals surface area contributed by atoms with Crippen LogP contribution in [0.25, 0.3) is 5.57 Å². The van der Waals surface area contributed by atoms with Crippen molar-refractivity contribution in [1.29, 1.82) is 0 Å². The number of aliphatic hydroxyl groups excluding tert-OH is 1. The first-order valence-electron chi connectivity index (χ1n) is 9.74. The van der Waals surface area contributed by atoms with Crippen molar-refractivity contribution < 1.29 is 14.3 Å². The fourth-order valence-electron chi connectivity index (χ4n) is 4.92. The monoisotopic (exact) mass is 369 g/mol. The van der Waals surface area contributed by atoms with E-state index in [-0.39, 0.29) is 17.8 Å². The molecule has 6 heteroatoms. The van der Waals surface area contributed by atoms with Crippen molar-refractivity contribution >= 4 is 11.5 Å². The van der Waals surface area contributed by atoms with Crippen LogP contribution in [-0.4, -0.2) is 41.3 Å². The predicted molar refractivity (Wildman–Crippen MR) is 100 cm³/mol. The lowest BCUT2D eigenvalue weighted by Crippen LogP contribution is -2.52. The van der Waals surface area contributed by atoms with Gasteiger partial charge >= 0.3 is 0 Å². The third-order valence-corrected chi connectivity index (χ3v) is 6.39. The van der Waals surface area contributed by atoms with Gasteiger partial charge in [-0.1, -0.05) is 12.2 Å². The summed E-state index contributed by atoms with van der Waals surface area (Å²) in [5.74, 6) is -0.0972. The van der Waals surface area contributed by atoms with E-state index in [1.165, 1.54) is 11.6 Å². The van der Waals surface area contributed by atoms with Gasteiger partial charge < -0.3 is 20.6 Å². The minimum Gasteiger partial charge on any atom is -0.372 e. The molecule has 5 rings (SSSR count). The van der Waals surface area contributed by atoms with Crippen molar-refractivity contribution in [3.8, 4) is 0 Å². The van der Waals surface area contributed by atoms with E-state index in [4.69, 9.17) is 0 Å². The smallest absolute Gasteiger partial charge is 0.255 e. The average Bonchev–Trinajstić information content (AvgIpc) is 3.28. The molecule has 3 aliphatic heterocycles. The number of aliphatic hydroxyl groups is 1. The number of piperidine rings is 1. The Morgan fingerprint density at radius 3 is 2.85 bits per heavy atom. The first-order chi connectivity index (χ1) is 13.0. The number of carbonyl (C=O) groups is 1. The molecule has 3 unspecified atom stereocenters. The standard InChI is InChI=1S/C21H24FN3O2/c1-11-2-3-18(20(26)24-11)25-10-12-8-16(17(22)9-15(12)21(25)27)19-13-4-6-23-7-5-14(13)19/h8-9,13,18,20,23-24,26H,1-7,10H2. The summed E-state index contributed by atoms with van der Waals surface area (Å²) in [5.41, 5.74) is 5.26. The fraction of sp³-hybridized carbons (Fsp3) is 0.476. The number of fused-ring (bicyclic) bond motifs is 2. The van der Waals surface area contributed by atoms with Crippen LogP contribution in [0.5, 0.6) is 0 Å². The maximum atomic E-state index is 14.9. The number of nitrogens with one attached hydrogen (secondary N) is 2. The molecule has 1 aromatic carbocycles. The molecule has 0 saturated carbocycles. The molecular weight excluding hydrogens is 345 g/mol. The SMILES string of the molecule is C=C1CCC(N2Cc3cc(C4=C5CCNCCC54)c(F)cc3C2=O)C(O)N1. The quantitative estimate of drug-likeness (QED) is 0.747. The Hall–Kier alpha value is -2.18. The van der Waals surface area contributed by atoms with E-state index in [2.05, 4.69) is 17.2 Å². The molecule has 3 heterocycles. The molecule has 4 aliphatic rings. The maximum absolute atomic E-state index is 14.9. The van der Waals surface area contributed by atoms with Crippen LogP contribution in [0.3, 0.4) is 0 Å². The van der Waals surface area contributed by atoms with E-state index in [0.717, 1.165) is 42.8 Å². The Bertz CT molecular complexity index is 878. The second kappa shape index (κ2) is 6.17. The van der Waals surface area contributed by atoms with Crippen molar-refractivity contribution in [1.82, 2.24) is 15.5 Å². The Morgan fingerprint density at radius 1 is 1.19 bits per heavy atom. The van der Waals surface area contributed by atoms with Crippen LogP contribution in [-0.2, 0) is 6.54 Å². The van der Waals surface area contributed by atoms with E-state index in [9.17, 15) is 14.3 Å². The molecule has 2 fully saturated rings. The van der Waals surface area contributed by atoms with Crippen molar-refractivity contribution in [3.63, 3.8) is 0 Å². The van der Waals surface area contributed by atoms with Crippen LogP contribution in [0.15, 0.2) is 30.0 Å². The molecule has 0 aromatic heterocycles. The Balaban J connectivity index is 1.43. The molecule has 1 amide bonds. The summed E-state index contributed by atoms with van der Waals surface area (Å²) in [6, 6.07) is 2.95. The molecular formula is C21H24FN3O2. The summed E-state index contributed by atoms with van der Waals surface area (Å²) in [7, 11) is 0. The summed E-state index contributed by atoms with van der Waals surface area (Å²) >= 11 is 0. The number of halogens is 1. The maximum Gasteiger partial charge on any atom is 0.255 e. The summed E-state index contributed by atoms with van der Waals surface area (Å²) in [5, 5.41) is 16.6. The summed E-state index contributed by atoms with van der Waals surface area (Å²) in [6.07, 6.45) is 2.54. The molecule has 5 nitrogen and oxygen atoms in total. The lowest BCUT2D eigenvalue weighted by molar-refractivity contribution is 0.0160. The minimum absolute atomic E-state index is 0.194. The highest BCUT2D eigenvalue weighted by Crippen LogP contribution is 2.52. The van der Waals surface area contributed by atoms with Gasteiger partial charge in [-0.15, -0.1) is 0 Å². The van der Waals surface area contributed by atoms with Gasteiger partial charge in [-0.05, 0) is 62.0 Å². The minimum atomic E-state index is -0.832. The summed E-state index contributed by atoms with van der Waals surface area (Å²) in [4.78, 5) is 14.5. The van der Waals surface area contributed by atoms with Crippen LogP contribution in [0.4, 0.5) is 4.39 Å². The molecule has 3 atom stereocenters. The highest BCUT2D eigenvalue weighted by Gasteiger charge is 2.42. The molecule has 0 bridgehead atoms. The van der Waals surface area contributed by atoms with Crippen LogP contribution in [0, 0.1) is 11.7 Å². The van der Waals surface area contributed by atoms with E-state index < -0.39 is 6.23 Å². The van der Waals surface area contributed by atoms with Gasteiger partial charge in [-0.25, -0.2) is 4.39 Å². The van der Waals surface area contributed by atoms with Crippen LogP contribution >= 0.6 is 0 Å². The topological polar surface area (TPSA) is 64.6 Å². The first kappa shape index (κ1) is 17.0. The Kier molecular flexibility index (Phi) is 3.88. The summed E-state index contributed by atoms with van der Waals surface area (Å²) in [6.45, 7) is 6.18. The molecule has 0 spiro atoms. The van der Waals surface area contributed by atoms with Gasteiger partial charge in [0, 0.05) is 29.3 Å². The Labute approximate surface area is 157 Å². The van der Waals surface area contributed by atoms with Crippen molar-refractivity contribution in [2.45, 2.75) is 44.5 Å².